The van der Waals surface area contributed by atoms with Crippen LogP contribution < -0.4 is 4.90 Å². The lowest BCUT2D eigenvalue weighted by atomic mass is 10.0. The molecule has 0 fully saturated rings. The maximum absolute atomic E-state index is 3.70. The van der Waals surface area contributed by atoms with Crippen LogP contribution in [-0.2, 0) is 0 Å². The van der Waals surface area contributed by atoms with Crippen LogP contribution in [0.5, 0.6) is 0 Å². The highest BCUT2D eigenvalue weighted by atomic mass is 79.9. The zero-order valence-corrected chi connectivity index (χ0v) is 27.2. The highest BCUT2D eigenvalue weighted by Crippen LogP contribution is 2.46. The Labute approximate surface area is 279 Å². The van der Waals surface area contributed by atoms with Crippen LogP contribution in [0.2, 0.25) is 0 Å². The molecule has 9 aromatic rings. The molecular weight excluding hydrogens is 644 g/mol. The molecule has 0 amide bonds. The van der Waals surface area contributed by atoms with Gasteiger partial charge in [-0.1, -0.05) is 107 Å². The third-order valence-corrected chi connectivity index (χ3v) is 10.4. The lowest BCUT2D eigenvalue weighted by Gasteiger charge is -2.28. The Morgan fingerprint density at radius 2 is 1.28 bits per heavy atom. The van der Waals surface area contributed by atoms with Crippen molar-refractivity contribution in [3.63, 3.8) is 0 Å². The lowest BCUT2D eigenvalue weighted by molar-refractivity contribution is 1.19. The summed E-state index contributed by atoms with van der Waals surface area (Å²) in [4.78, 5) is 2.39. The lowest BCUT2D eigenvalue weighted by Crippen LogP contribution is -2.11. The van der Waals surface area contributed by atoms with Gasteiger partial charge in [-0.15, -0.1) is 11.3 Å². The number of hydrogen-bond donors (Lipinski definition) is 0. The van der Waals surface area contributed by atoms with Crippen LogP contribution >= 0.6 is 27.3 Å². The molecule has 0 aliphatic heterocycles. The summed E-state index contributed by atoms with van der Waals surface area (Å²) in [6.07, 6.45) is 0. The van der Waals surface area contributed by atoms with E-state index >= 15 is 0 Å². The highest BCUT2D eigenvalue weighted by Gasteiger charge is 2.21. The van der Waals surface area contributed by atoms with Crippen LogP contribution in [0.1, 0.15) is 0 Å². The van der Waals surface area contributed by atoms with Crippen LogP contribution in [0, 0.1) is 0 Å². The summed E-state index contributed by atoms with van der Waals surface area (Å²) in [5.74, 6) is 0. The van der Waals surface area contributed by atoms with Crippen molar-refractivity contribution in [1.82, 2.24) is 4.57 Å². The van der Waals surface area contributed by atoms with E-state index in [2.05, 4.69) is 189 Å². The molecule has 0 bridgehead atoms. The van der Waals surface area contributed by atoms with Gasteiger partial charge >= 0.3 is 0 Å². The van der Waals surface area contributed by atoms with Gasteiger partial charge in [0.05, 0.1) is 16.7 Å². The van der Waals surface area contributed by atoms with Crippen LogP contribution in [-0.4, -0.2) is 4.57 Å². The first-order valence-electron chi connectivity index (χ1n) is 15.4. The number of anilines is 3. The first-order chi connectivity index (χ1) is 22.7. The van der Waals surface area contributed by atoms with E-state index in [4.69, 9.17) is 0 Å². The topological polar surface area (TPSA) is 8.17 Å². The van der Waals surface area contributed by atoms with E-state index in [9.17, 15) is 0 Å². The number of hydrogen-bond acceptors (Lipinski definition) is 2. The van der Waals surface area contributed by atoms with Crippen molar-refractivity contribution in [3.8, 4) is 16.8 Å². The van der Waals surface area contributed by atoms with Gasteiger partial charge in [-0.3, -0.25) is 0 Å². The summed E-state index contributed by atoms with van der Waals surface area (Å²) in [6.45, 7) is 0. The summed E-state index contributed by atoms with van der Waals surface area (Å²) < 4.78 is 6.14. The Morgan fingerprint density at radius 3 is 2.13 bits per heavy atom. The molecule has 2 nitrogen and oxygen atoms in total. The van der Waals surface area contributed by atoms with Gasteiger partial charge in [0.15, 0.2) is 0 Å². The molecule has 0 saturated carbocycles. The first-order valence-corrected chi connectivity index (χ1v) is 17.0. The third kappa shape index (κ3) is 4.37. The molecule has 0 N–H and O–H groups in total. The van der Waals surface area contributed by atoms with Gasteiger partial charge < -0.3 is 9.47 Å². The third-order valence-electron chi connectivity index (χ3n) is 8.82. The Hall–Kier alpha value is -5.16. The summed E-state index contributed by atoms with van der Waals surface area (Å²) in [7, 11) is 0. The van der Waals surface area contributed by atoms with Gasteiger partial charge in [0.1, 0.15) is 0 Å². The van der Waals surface area contributed by atoms with Crippen molar-refractivity contribution in [2.24, 2.45) is 0 Å². The average Bonchev–Trinajstić information content (AvgIpc) is 3.65. The predicted octanol–water partition coefficient (Wildman–Crippen LogP) is 13.1. The zero-order valence-electron chi connectivity index (χ0n) is 24.8. The van der Waals surface area contributed by atoms with E-state index in [1.165, 1.54) is 53.1 Å². The van der Waals surface area contributed by atoms with Gasteiger partial charge in [-0.25, -0.2) is 0 Å². The second-order valence-corrected chi connectivity index (χ2v) is 13.5. The number of fused-ring (bicyclic) bond motifs is 7. The second-order valence-electron chi connectivity index (χ2n) is 11.5. The maximum Gasteiger partial charge on any atom is 0.0634 e. The highest BCUT2D eigenvalue weighted by molar-refractivity contribution is 9.10. The predicted molar refractivity (Wildman–Crippen MR) is 201 cm³/mol. The van der Waals surface area contributed by atoms with E-state index in [0.717, 1.165) is 27.2 Å². The van der Waals surface area contributed by atoms with Crippen molar-refractivity contribution < 1.29 is 0 Å². The van der Waals surface area contributed by atoms with E-state index in [1.807, 2.05) is 11.3 Å². The Bertz CT molecular complexity index is 2550. The molecule has 0 radical (unpaired) electrons. The number of halogens is 1. The molecule has 0 unspecified atom stereocenters. The monoisotopic (exact) mass is 670 g/mol. The van der Waals surface area contributed by atoms with E-state index < -0.39 is 0 Å². The molecule has 46 heavy (non-hydrogen) atoms. The van der Waals surface area contributed by atoms with Gasteiger partial charge in [-0.05, 0) is 78.4 Å². The Morgan fingerprint density at radius 1 is 0.522 bits per heavy atom. The van der Waals surface area contributed by atoms with Gasteiger partial charge in [0.25, 0.3) is 0 Å². The minimum absolute atomic E-state index is 1.06. The van der Waals surface area contributed by atoms with Gasteiger partial charge in [0, 0.05) is 58.0 Å². The molecular formula is C42H27BrN2S. The van der Waals surface area contributed by atoms with E-state index in [1.54, 1.807) is 0 Å². The number of nitrogens with zero attached hydrogens (tertiary/aromatic N) is 2. The molecule has 0 spiro atoms. The number of benzene rings is 7. The molecule has 7 aromatic carbocycles. The standard InChI is InChI=1S/C42H27BrN2S/c43-29-13-11-12-28(26-29)33-18-7-9-20-37(33)44(30-14-3-1-4-15-30)32-22-24-38-36(27-32)34-23-25-40-41(35-19-8-10-21-39(35)46-40)42(34)45(38)31-16-5-2-6-17-31/h1-27H. The molecule has 4 heteroatoms. The fraction of sp³-hybridized carbons (Fsp3) is 0. The van der Waals surface area contributed by atoms with Gasteiger partial charge in [0.2, 0.25) is 0 Å². The maximum atomic E-state index is 3.70. The molecule has 0 aliphatic carbocycles. The SMILES string of the molecule is Brc1cccc(-c2ccccc2N(c2ccccc2)c2ccc3c(c2)c2ccc4sc5ccccc5c4c2n3-c2ccccc2)c1. The van der Waals surface area contributed by atoms with Crippen LogP contribution in [0.25, 0.3) is 58.8 Å². The summed E-state index contributed by atoms with van der Waals surface area (Å²) >= 11 is 5.56. The van der Waals surface area contributed by atoms with Crippen LogP contribution in [0.4, 0.5) is 17.1 Å². The molecule has 0 saturated heterocycles. The average molecular weight is 672 g/mol. The van der Waals surface area contributed by atoms with E-state index in [-0.39, 0.29) is 0 Å². The molecule has 0 aliphatic rings. The summed E-state index contributed by atoms with van der Waals surface area (Å²) in [5.41, 5.74) is 9.31. The van der Waals surface area contributed by atoms with E-state index in [0.29, 0.717) is 0 Å². The van der Waals surface area contributed by atoms with Crippen molar-refractivity contribution >= 4 is 86.3 Å². The number of para-hydroxylation sites is 3. The molecule has 0 atom stereocenters. The minimum atomic E-state index is 1.06. The normalized spacial score (nSPS) is 11.6. The van der Waals surface area contributed by atoms with Crippen LogP contribution in [0.3, 0.4) is 0 Å². The van der Waals surface area contributed by atoms with Crippen molar-refractivity contribution in [2.45, 2.75) is 0 Å². The number of rotatable bonds is 5. The Balaban J connectivity index is 1.36. The number of aromatic nitrogens is 1. The molecule has 2 aromatic heterocycles. The first kappa shape index (κ1) is 27.2. The number of thiophene rings is 1. The Kier molecular flexibility index (Phi) is 6.51. The smallest absolute Gasteiger partial charge is 0.0634 e. The molecule has 218 valence electrons. The quantitative estimate of drug-likeness (QED) is 0.177. The summed E-state index contributed by atoms with van der Waals surface area (Å²) in [5, 5.41) is 5.11. The largest absolute Gasteiger partial charge is 0.310 e. The summed E-state index contributed by atoms with van der Waals surface area (Å²) in [6, 6.07) is 59.1. The van der Waals surface area contributed by atoms with Crippen molar-refractivity contribution in [3.05, 3.63) is 168 Å². The van der Waals surface area contributed by atoms with Gasteiger partial charge in [-0.2, -0.15) is 0 Å². The zero-order chi connectivity index (χ0) is 30.6. The van der Waals surface area contributed by atoms with Crippen LogP contribution in [0.15, 0.2) is 168 Å². The van der Waals surface area contributed by atoms with Crippen molar-refractivity contribution in [2.75, 3.05) is 4.90 Å². The fourth-order valence-electron chi connectivity index (χ4n) is 6.86. The molecule has 2 heterocycles. The second kappa shape index (κ2) is 11.0. The van der Waals surface area contributed by atoms with Crippen molar-refractivity contribution in [1.29, 1.82) is 0 Å². The fourth-order valence-corrected chi connectivity index (χ4v) is 8.37. The minimum Gasteiger partial charge on any atom is -0.310 e. The molecule has 9 rings (SSSR count).